The minimum Gasteiger partial charge on any atom is -0.497 e. The van der Waals surface area contributed by atoms with Crippen molar-refractivity contribution in [2.45, 2.75) is 33.1 Å². The summed E-state index contributed by atoms with van der Waals surface area (Å²) in [5.41, 5.74) is 7.51. The Bertz CT molecular complexity index is 997. The Morgan fingerprint density at radius 3 is 2.54 bits per heavy atom. The summed E-state index contributed by atoms with van der Waals surface area (Å²) in [5.74, 6) is 0.797. The molecule has 1 aliphatic carbocycles. The van der Waals surface area contributed by atoms with Crippen LogP contribution in [-0.2, 0) is 12.8 Å². The summed E-state index contributed by atoms with van der Waals surface area (Å²) in [7, 11) is 1.65. The molecule has 0 fully saturated rings. The first kappa shape index (κ1) is 15.0. The van der Waals surface area contributed by atoms with E-state index in [0.29, 0.717) is 0 Å². The number of pyridine rings is 1. The number of nitrogens with one attached hydrogen (secondary N) is 1. The zero-order valence-electron chi connectivity index (χ0n) is 14.3. The van der Waals surface area contributed by atoms with Gasteiger partial charge in [-0.1, -0.05) is 18.2 Å². The molecule has 3 nitrogen and oxygen atoms in total. The van der Waals surface area contributed by atoms with Gasteiger partial charge < -0.3 is 9.72 Å². The Balaban J connectivity index is 2.05. The molecule has 0 amide bonds. The van der Waals surface area contributed by atoms with Gasteiger partial charge >= 0.3 is 0 Å². The normalized spacial score (nSPS) is 13.3. The Morgan fingerprint density at radius 1 is 1.08 bits per heavy atom. The summed E-state index contributed by atoms with van der Waals surface area (Å²) >= 11 is 0. The zero-order valence-corrected chi connectivity index (χ0v) is 14.3. The highest BCUT2D eigenvalue weighted by molar-refractivity contribution is 5.91. The van der Waals surface area contributed by atoms with E-state index >= 15 is 0 Å². The maximum Gasteiger partial charge on any atom is 0.197 e. The summed E-state index contributed by atoms with van der Waals surface area (Å²) in [4.78, 5) is 16.9. The fourth-order valence-electron chi connectivity index (χ4n) is 3.96. The number of rotatable bonds is 2. The van der Waals surface area contributed by atoms with Gasteiger partial charge in [0.1, 0.15) is 5.75 Å². The SMILES string of the molecule is COc1ccc(-c2c(C)[nH]c3c(C)cc4c(c3c2=O)CCC4)cc1. The van der Waals surface area contributed by atoms with Crippen molar-refractivity contribution >= 4 is 10.9 Å². The summed E-state index contributed by atoms with van der Waals surface area (Å²) < 4.78 is 5.23. The highest BCUT2D eigenvalue weighted by Gasteiger charge is 2.21. The maximum atomic E-state index is 13.4. The van der Waals surface area contributed by atoms with Crippen LogP contribution in [0.4, 0.5) is 0 Å². The van der Waals surface area contributed by atoms with E-state index < -0.39 is 0 Å². The molecule has 0 atom stereocenters. The van der Waals surface area contributed by atoms with Crippen LogP contribution in [0.15, 0.2) is 35.1 Å². The van der Waals surface area contributed by atoms with Crippen molar-refractivity contribution in [2.75, 3.05) is 7.11 Å². The smallest absolute Gasteiger partial charge is 0.197 e. The molecule has 1 aromatic heterocycles. The number of methoxy groups -OCH3 is 1. The molecule has 4 rings (SSSR count). The fraction of sp³-hybridized carbons (Fsp3) is 0.286. The molecule has 0 saturated heterocycles. The monoisotopic (exact) mass is 319 g/mol. The highest BCUT2D eigenvalue weighted by atomic mass is 16.5. The van der Waals surface area contributed by atoms with E-state index in [0.717, 1.165) is 58.3 Å². The second kappa shape index (κ2) is 5.52. The molecule has 0 unspecified atom stereocenters. The van der Waals surface area contributed by atoms with Gasteiger partial charge in [0.2, 0.25) is 0 Å². The van der Waals surface area contributed by atoms with E-state index in [-0.39, 0.29) is 5.43 Å². The van der Waals surface area contributed by atoms with E-state index in [4.69, 9.17) is 4.74 Å². The lowest BCUT2D eigenvalue weighted by Crippen LogP contribution is -2.12. The second-order valence-electron chi connectivity index (χ2n) is 6.62. The Hall–Kier alpha value is -2.55. The number of hydrogen-bond acceptors (Lipinski definition) is 2. The molecule has 0 spiro atoms. The van der Waals surface area contributed by atoms with Crippen molar-refractivity contribution in [1.82, 2.24) is 4.98 Å². The molecule has 1 aliphatic rings. The molecule has 0 radical (unpaired) electrons. The van der Waals surface area contributed by atoms with Crippen LogP contribution in [0.1, 0.15) is 28.8 Å². The minimum absolute atomic E-state index is 0.147. The topological polar surface area (TPSA) is 42.1 Å². The molecular formula is C21H21NO2. The van der Waals surface area contributed by atoms with Gasteiger partial charge in [0.15, 0.2) is 5.43 Å². The van der Waals surface area contributed by atoms with Gasteiger partial charge in [0.25, 0.3) is 0 Å². The number of fused-ring (bicyclic) bond motifs is 3. The van der Waals surface area contributed by atoms with Gasteiger partial charge in [-0.2, -0.15) is 0 Å². The van der Waals surface area contributed by atoms with Crippen LogP contribution in [0.5, 0.6) is 5.75 Å². The van der Waals surface area contributed by atoms with Crippen molar-refractivity contribution in [3.63, 3.8) is 0 Å². The third-order valence-electron chi connectivity index (χ3n) is 5.12. The van der Waals surface area contributed by atoms with Crippen molar-refractivity contribution in [2.24, 2.45) is 0 Å². The fourth-order valence-corrected chi connectivity index (χ4v) is 3.96. The quantitative estimate of drug-likeness (QED) is 0.765. The predicted octanol–water partition coefficient (Wildman–Crippen LogP) is 4.31. The van der Waals surface area contributed by atoms with Crippen LogP contribution >= 0.6 is 0 Å². The molecular weight excluding hydrogens is 298 g/mol. The van der Waals surface area contributed by atoms with Gasteiger partial charge in [0, 0.05) is 16.6 Å². The Kier molecular flexibility index (Phi) is 3.45. The van der Waals surface area contributed by atoms with Crippen LogP contribution in [0.2, 0.25) is 0 Å². The van der Waals surface area contributed by atoms with Crippen LogP contribution in [-0.4, -0.2) is 12.1 Å². The van der Waals surface area contributed by atoms with Crippen LogP contribution in [0, 0.1) is 13.8 Å². The van der Waals surface area contributed by atoms with Crippen molar-refractivity contribution in [1.29, 1.82) is 0 Å². The molecule has 122 valence electrons. The lowest BCUT2D eigenvalue weighted by atomic mass is 9.95. The number of hydrogen-bond donors (Lipinski definition) is 1. The number of ether oxygens (including phenoxy) is 1. The first-order valence-corrected chi connectivity index (χ1v) is 8.42. The molecule has 0 aliphatic heterocycles. The summed E-state index contributed by atoms with van der Waals surface area (Å²) in [6.07, 6.45) is 3.22. The van der Waals surface area contributed by atoms with Gasteiger partial charge in [-0.15, -0.1) is 0 Å². The van der Waals surface area contributed by atoms with E-state index in [1.165, 1.54) is 11.1 Å². The van der Waals surface area contributed by atoms with E-state index in [2.05, 4.69) is 18.0 Å². The van der Waals surface area contributed by atoms with Crippen LogP contribution in [0.25, 0.3) is 22.0 Å². The van der Waals surface area contributed by atoms with Gasteiger partial charge in [-0.25, -0.2) is 0 Å². The van der Waals surface area contributed by atoms with Crippen molar-refractivity contribution in [3.8, 4) is 16.9 Å². The van der Waals surface area contributed by atoms with E-state index in [1.807, 2.05) is 31.2 Å². The summed E-state index contributed by atoms with van der Waals surface area (Å²) in [6, 6.07) is 9.96. The van der Waals surface area contributed by atoms with E-state index in [1.54, 1.807) is 7.11 Å². The Morgan fingerprint density at radius 2 is 1.83 bits per heavy atom. The van der Waals surface area contributed by atoms with Crippen molar-refractivity contribution < 1.29 is 4.74 Å². The number of H-pyrrole nitrogens is 1. The third kappa shape index (κ3) is 2.15. The number of aryl methyl sites for hydroxylation is 4. The first-order chi connectivity index (χ1) is 11.6. The average molecular weight is 319 g/mol. The van der Waals surface area contributed by atoms with Gasteiger partial charge in [-0.3, -0.25) is 4.79 Å². The Labute approximate surface area is 141 Å². The molecule has 0 bridgehead atoms. The standard InChI is InChI=1S/C21H21NO2/c1-12-11-15-5-4-6-17(15)19-20(12)22-13(2)18(21(19)23)14-7-9-16(24-3)10-8-14/h7-11H,4-6H2,1-3H3,(H,22,23). The maximum absolute atomic E-state index is 13.4. The number of aromatic nitrogens is 1. The molecule has 24 heavy (non-hydrogen) atoms. The van der Waals surface area contributed by atoms with Gasteiger partial charge in [0.05, 0.1) is 12.6 Å². The van der Waals surface area contributed by atoms with E-state index in [9.17, 15) is 4.79 Å². The second-order valence-corrected chi connectivity index (χ2v) is 6.62. The molecule has 1 heterocycles. The number of benzene rings is 2. The predicted molar refractivity (Wildman–Crippen MR) is 98.1 cm³/mol. The average Bonchev–Trinajstić information content (AvgIpc) is 3.03. The first-order valence-electron chi connectivity index (χ1n) is 8.42. The molecule has 3 aromatic rings. The molecule has 2 aromatic carbocycles. The van der Waals surface area contributed by atoms with Crippen LogP contribution < -0.4 is 10.2 Å². The lowest BCUT2D eigenvalue weighted by Gasteiger charge is -2.13. The van der Waals surface area contributed by atoms with Crippen LogP contribution in [0.3, 0.4) is 0 Å². The summed E-state index contributed by atoms with van der Waals surface area (Å²) in [6.45, 7) is 4.07. The summed E-state index contributed by atoms with van der Waals surface area (Å²) in [5, 5.41) is 0.888. The molecule has 0 saturated carbocycles. The largest absolute Gasteiger partial charge is 0.497 e. The zero-order chi connectivity index (χ0) is 16.8. The number of aromatic amines is 1. The molecule has 1 N–H and O–H groups in total. The van der Waals surface area contributed by atoms with Gasteiger partial charge in [-0.05, 0) is 67.5 Å². The van der Waals surface area contributed by atoms with Crippen molar-refractivity contribution in [3.05, 3.63) is 62.9 Å². The minimum atomic E-state index is 0.147. The third-order valence-corrected chi connectivity index (χ3v) is 5.12. The lowest BCUT2D eigenvalue weighted by molar-refractivity contribution is 0.415. The molecule has 3 heteroatoms. The highest BCUT2D eigenvalue weighted by Crippen LogP contribution is 2.32.